The SMILES string of the molecule is N#CCOc1ccc(NC(=O)[C@H]2[C@H](C(=O)O)[C@H]3C=C[C@H]2C3)cc1. The Kier molecular flexibility index (Phi) is 4.02. The van der Waals surface area contributed by atoms with Gasteiger partial charge >= 0.3 is 5.97 Å². The number of hydrogen-bond acceptors (Lipinski definition) is 4. The fourth-order valence-corrected chi connectivity index (χ4v) is 3.49. The zero-order chi connectivity index (χ0) is 16.4. The molecule has 0 saturated heterocycles. The molecular formula is C17H16N2O4. The highest BCUT2D eigenvalue weighted by atomic mass is 16.5. The maximum absolute atomic E-state index is 12.5. The van der Waals surface area contributed by atoms with Crippen LogP contribution in [0.5, 0.6) is 5.75 Å². The number of carbonyl (C=O) groups excluding carboxylic acids is 1. The molecule has 2 N–H and O–H groups in total. The Labute approximate surface area is 133 Å². The molecule has 0 unspecified atom stereocenters. The number of amides is 1. The number of hydrogen-bond donors (Lipinski definition) is 2. The van der Waals surface area contributed by atoms with Crippen LogP contribution in [0, 0.1) is 35.0 Å². The van der Waals surface area contributed by atoms with Crippen molar-refractivity contribution < 1.29 is 19.4 Å². The van der Waals surface area contributed by atoms with Gasteiger partial charge in [-0.2, -0.15) is 5.26 Å². The standard InChI is InChI=1S/C17H16N2O4/c18-7-8-23-13-5-3-12(4-6-13)19-16(20)14-10-1-2-11(9-10)15(14)17(21)22/h1-6,10-11,14-15H,8-9H2,(H,19,20)(H,21,22)/t10-,11-,14+,15+/m0/s1. The Morgan fingerprint density at radius 2 is 1.87 bits per heavy atom. The van der Waals surface area contributed by atoms with Crippen molar-refractivity contribution in [3.8, 4) is 11.8 Å². The first kappa shape index (κ1) is 15.1. The Morgan fingerprint density at radius 1 is 1.22 bits per heavy atom. The molecule has 1 aromatic carbocycles. The minimum absolute atomic E-state index is 0.000616. The van der Waals surface area contributed by atoms with E-state index in [-0.39, 0.29) is 24.3 Å². The van der Waals surface area contributed by atoms with Crippen LogP contribution in [-0.4, -0.2) is 23.6 Å². The third kappa shape index (κ3) is 2.90. The van der Waals surface area contributed by atoms with Crippen LogP contribution < -0.4 is 10.1 Å². The molecule has 3 rings (SSSR count). The van der Waals surface area contributed by atoms with E-state index in [1.165, 1.54) is 0 Å². The summed E-state index contributed by atoms with van der Waals surface area (Å²) in [5.74, 6) is -1.87. The van der Waals surface area contributed by atoms with Gasteiger partial charge in [-0.15, -0.1) is 0 Å². The van der Waals surface area contributed by atoms with Gasteiger partial charge in [0.25, 0.3) is 0 Å². The van der Waals surface area contributed by atoms with Crippen molar-refractivity contribution in [1.82, 2.24) is 0 Å². The van der Waals surface area contributed by atoms with Crippen LogP contribution in [0.25, 0.3) is 0 Å². The number of ether oxygens (including phenoxy) is 1. The first-order valence-corrected chi connectivity index (χ1v) is 7.42. The van der Waals surface area contributed by atoms with E-state index in [4.69, 9.17) is 10.00 Å². The molecule has 6 heteroatoms. The number of carbonyl (C=O) groups is 2. The van der Waals surface area contributed by atoms with Gasteiger partial charge in [-0.1, -0.05) is 12.2 Å². The molecule has 0 radical (unpaired) electrons. The summed E-state index contributed by atoms with van der Waals surface area (Å²) in [6.07, 6.45) is 4.59. The Morgan fingerprint density at radius 3 is 2.48 bits per heavy atom. The van der Waals surface area contributed by atoms with Gasteiger partial charge in [0.05, 0.1) is 11.8 Å². The maximum atomic E-state index is 12.5. The number of anilines is 1. The summed E-state index contributed by atoms with van der Waals surface area (Å²) < 4.78 is 5.14. The summed E-state index contributed by atoms with van der Waals surface area (Å²) in [4.78, 5) is 23.9. The minimum Gasteiger partial charge on any atom is -0.481 e. The van der Waals surface area contributed by atoms with E-state index in [0.717, 1.165) is 6.42 Å². The number of carboxylic acid groups (broad SMARTS) is 1. The first-order valence-electron chi connectivity index (χ1n) is 7.42. The largest absolute Gasteiger partial charge is 0.481 e. The van der Waals surface area contributed by atoms with Crippen LogP contribution in [-0.2, 0) is 9.59 Å². The molecule has 1 amide bonds. The van der Waals surface area contributed by atoms with Crippen molar-refractivity contribution in [3.05, 3.63) is 36.4 Å². The zero-order valence-electron chi connectivity index (χ0n) is 12.3. The summed E-state index contributed by atoms with van der Waals surface area (Å²) in [6, 6.07) is 8.53. The smallest absolute Gasteiger partial charge is 0.307 e. The van der Waals surface area contributed by atoms with Gasteiger partial charge in [0, 0.05) is 5.69 Å². The van der Waals surface area contributed by atoms with Crippen molar-refractivity contribution in [2.24, 2.45) is 23.7 Å². The molecule has 2 aliphatic carbocycles. The second-order valence-corrected chi connectivity index (χ2v) is 5.80. The average molecular weight is 312 g/mol. The molecule has 2 aliphatic rings. The second kappa shape index (κ2) is 6.13. The van der Waals surface area contributed by atoms with Crippen molar-refractivity contribution >= 4 is 17.6 Å². The Hall–Kier alpha value is -2.81. The third-order valence-electron chi connectivity index (χ3n) is 4.47. The number of benzene rings is 1. The fraction of sp³-hybridized carbons (Fsp3) is 0.353. The van der Waals surface area contributed by atoms with Gasteiger partial charge in [0.15, 0.2) is 6.61 Å². The summed E-state index contributed by atoms with van der Waals surface area (Å²) in [6.45, 7) is -0.0382. The first-order chi connectivity index (χ1) is 11.1. The van der Waals surface area contributed by atoms with Gasteiger partial charge in [-0.3, -0.25) is 9.59 Å². The van der Waals surface area contributed by atoms with Crippen LogP contribution in [0.1, 0.15) is 6.42 Å². The number of carboxylic acids is 1. The highest BCUT2D eigenvalue weighted by Gasteiger charge is 2.51. The van der Waals surface area contributed by atoms with Crippen LogP contribution in [0.4, 0.5) is 5.69 Å². The van der Waals surface area contributed by atoms with E-state index in [1.54, 1.807) is 24.3 Å². The lowest BCUT2D eigenvalue weighted by molar-refractivity contribution is -0.146. The molecule has 1 saturated carbocycles. The summed E-state index contributed by atoms with van der Waals surface area (Å²) >= 11 is 0. The molecule has 0 spiro atoms. The molecule has 4 atom stereocenters. The predicted octanol–water partition coefficient (Wildman–Crippen LogP) is 2.05. The van der Waals surface area contributed by atoms with Gasteiger partial charge in [0.2, 0.25) is 5.91 Å². The van der Waals surface area contributed by atoms with Gasteiger partial charge in [-0.05, 0) is 42.5 Å². The lowest BCUT2D eigenvalue weighted by Crippen LogP contribution is -2.36. The number of allylic oxidation sites excluding steroid dienone is 2. The van der Waals surface area contributed by atoms with E-state index in [0.29, 0.717) is 11.4 Å². The van der Waals surface area contributed by atoms with Crippen molar-refractivity contribution in [2.45, 2.75) is 6.42 Å². The molecule has 0 heterocycles. The average Bonchev–Trinajstić information content (AvgIpc) is 3.15. The van der Waals surface area contributed by atoms with E-state index in [9.17, 15) is 14.7 Å². The third-order valence-corrected chi connectivity index (χ3v) is 4.47. The van der Waals surface area contributed by atoms with E-state index in [2.05, 4.69) is 5.32 Å². The number of nitriles is 1. The molecule has 1 fully saturated rings. The molecule has 23 heavy (non-hydrogen) atoms. The number of rotatable bonds is 5. The normalized spacial score (nSPS) is 27.4. The van der Waals surface area contributed by atoms with Crippen LogP contribution >= 0.6 is 0 Å². The zero-order valence-corrected chi connectivity index (χ0v) is 12.3. The molecule has 1 aromatic rings. The number of nitrogens with zero attached hydrogens (tertiary/aromatic N) is 1. The minimum atomic E-state index is -0.915. The van der Waals surface area contributed by atoms with E-state index >= 15 is 0 Å². The molecule has 0 aromatic heterocycles. The van der Waals surface area contributed by atoms with E-state index < -0.39 is 17.8 Å². The Balaban J connectivity index is 1.68. The van der Waals surface area contributed by atoms with E-state index in [1.807, 2.05) is 18.2 Å². The second-order valence-electron chi connectivity index (χ2n) is 5.80. The van der Waals surface area contributed by atoms with Crippen molar-refractivity contribution in [1.29, 1.82) is 5.26 Å². The highest BCUT2D eigenvalue weighted by molar-refractivity contribution is 5.96. The molecule has 118 valence electrons. The number of aliphatic carboxylic acids is 1. The summed E-state index contributed by atoms with van der Waals surface area (Å²) in [7, 11) is 0. The molecule has 6 nitrogen and oxygen atoms in total. The van der Waals surface area contributed by atoms with Gasteiger partial charge in [0.1, 0.15) is 11.8 Å². The molecule has 0 aliphatic heterocycles. The van der Waals surface area contributed by atoms with Crippen molar-refractivity contribution in [3.63, 3.8) is 0 Å². The van der Waals surface area contributed by atoms with Crippen LogP contribution in [0.2, 0.25) is 0 Å². The molecular weight excluding hydrogens is 296 g/mol. The summed E-state index contributed by atoms with van der Waals surface area (Å²) in [5.41, 5.74) is 0.579. The van der Waals surface area contributed by atoms with Crippen LogP contribution in [0.15, 0.2) is 36.4 Å². The lowest BCUT2D eigenvalue weighted by atomic mass is 9.82. The fourth-order valence-electron chi connectivity index (χ4n) is 3.49. The monoisotopic (exact) mass is 312 g/mol. The lowest BCUT2D eigenvalue weighted by Gasteiger charge is -2.23. The maximum Gasteiger partial charge on any atom is 0.307 e. The predicted molar refractivity (Wildman–Crippen MR) is 81.5 cm³/mol. The summed E-state index contributed by atoms with van der Waals surface area (Å²) in [5, 5.41) is 20.6. The van der Waals surface area contributed by atoms with Gasteiger partial charge < -0.3 is 15.2 Å². The number of nitrogens with one attached hydrogen (secondary N) is 1. The van der Waals surface area contributed by atoms with Gasteiger partial charge in [-0.25, -0.2) is 0 Å². The Bertz CT molecular complexity index is 690. The van der Waals surface area contributed by atoms with Crippen LogP contribution in [0.3, 0.4) is 0 Å². The highest BCUT2D eigenvalue weighted by Crippen LogP contribution is 2.48. The quantitative estimate of drug-likeness (QED) is 0.811. The topological polar surface area (TPSA) is 99.4 Å². The molecule has 2 bridgehead atoms. The number of fused-ring (bicyclic) bond motifs is 2. The van der Waals surface area contributed by atoms with Crippen molar-refractivity contribution in [2.75, 3.05) is 11.9 Å².